The van der Waals surface area contributed by atoms with Gasteiger partial charge in [0.25, 0.3) is 0 Å². The summed E-state index contributed by atoms with van der Waals surface area (Å²) in [6.07, 6.45) is 3.55. The quantitative estimate of drug-likeness (QED) is 0.758. The lowest BCUT2D eigenvalue weighted by Crippen LogP contribution is -2.26. The summed E-state index contributed by atoms with van der Waals surface area (Å²) in [5.74, 6) is 0. The molecule has 0 radical (unpaired) electrons. The predicted octanol–water partition coefficient (Wildman–Crippen LogP) is 2.66. The summed E-state index contributed by atoms with van der Waals surface area (Å²) in [6.45, 7) is 1.29. The average Bonchev–Trinajstić information content (AvgIpc) is 2.31. The van der Waals surface area contributed by atoms with Crippen LogP contribution in [0.5, 0.6) is 0 Å². The summed E-state index contributed by atoms with van der Waals surface area (Å²) < 4.78 is 6.05. The number of methoxy groups -OCH3 is 1. The maximum Gasteiger partial charge on any atom is 0.152 e. The summed E-state index contributed by atoms with van der Waals surface area (Å²) in [5, 5.41) is 3.78. The molecule has 3 N–H and O–H groups in total. The van der Waals surface area contributed by atoms with Gasteiger partial charge in [0.2, 0.25) is 0 Å². The van der Waals surface area contributed by atoms with E-state index in [2.05, 4.69) is 26.2 Å². The van der Waals surface area contributed by atoms with Crippen molar-refractivity contribution in [2.24, 2.45) is 5.73 Å². The van der Waals surface area contributed by atoms with Crippen molar-refractivity contribution in [3.05, 3.63) is 21.9 Å². The van der Waals surface area contributed by atoms with Crippen LogP contribution in [0.2, 0.25) is 5.15 Å². The normalized spacial score (nSPS) is 12.5. The number of aromatic nitrogens is 1. The molecule has 1 unspecified atom stereocenters. The molecule has 0 aromatic carbocycles. The van der Waals surface area contributed by atoms with Crippen molar-refractivity contribution in [3.63, 3.8) is 0 Å². The first-order chi connectivity index (χ1) is 8.17. The highest BCUT2D eigenvalue weighted by molar-refractivity contribution is 9.10. The van der Waals surface area contributed by atoms with Gasteiger partial charge in [0.1, 0.15) is 0 Å². The topological polar surface area (TPSA) is 60.2 Å². The SMILES string of the molecule is COCC(CCCN)Nc1cc(Br)cnc1Cl. The maximum atomic E-state index is 6.01. The van der Waals surface area contributed by atoms with Crippen LogP contribution < -0.4 is 11.1 Å². The Morgan fingerprint density at radius 3 is 3.06 bits per heavy atom. The van der Waals surface area contributed by atoms with Crippen molar-refractivity contribution >= 4 is 33.2 Å². The Balaban J connectivity index is 2.67. The van der Waals surface area contributed by atoms with Gasteiger partial charge in [-0.25, -0.2) is 4.98 Å². The maximum absolute atomic E-state index is 6.01. The molecule has 17 heavy (non-hydrogen) atoms. The van der Waals surface area contributed by atoms with Gasteiger partial charge in [-0.15, -0.1) is 0 Å². The highest BCUT2D eigenvalue weighted by Gasteiger charge is 2.10. The van der Waals surface area contributed by atoms with E-state index >= 15 is 0 Å². The number of nitrogens with zero attached hydrogens (tertiary/aromatic N) is 1. The summed E-state index contributed by atoms with van der Waals surface area (Å²) >= 11 is 9.38. The van der Waals surface area contributed by atoms with Crippen LogP contribution in [0.1, 0.15) is 12.8 Å². The van der Waals surface area contributed by atoms with Crippen LogP contribution in [-0.4, -0.2) is 31.3 Å². The Bertz CT molecular complexity index is 351. The van der Waals surface area contributed by atoms with Crippen LogP contribution >= 0.6 is 27.5 Å². The van der Waals surface area contributed by atoms with Gasteiger partial charge < -0.3 is 15.8 Å². The average molecular weight is 323 g/mol. The fraction of sp³-hybridized carbons (Fsp3) is 0.545. The number of pyridine rings is 1. The molecule has 96 valence electrons. The van der Waals surface area contributed by atoms with E-state index in [9.17, 15) is 0 Å². The number of rotatable bonds is 7. The molecular weight excluding hydrogens is 305 g/mol. The number of nitrogens with two attached hydrogens (primary N) is 1. The molecule has 0 saturated carbocycles. The minimum atomic E-state index is 0.192. The number of hydrogen-bond acceptors (Lipinski definition) is 4. The minimum Gasteiger partial charge on any atom is -0.383 e. The van der Waals surface area contributed by atoms with Gasteiger partial charge in [0.15, 0.2) is 5.15 Å². The van der Waals surface area contributed by atoms with Crippen LogP contribution in [0.4, 0.5) is 5.69 Å². The van der Waals surface area contributed by atoms with Crippen LogP contribution in [0.3, 0.4) is 0 Å². The molecule has 1 aromatic heterocycles. The van der Waals surface area contributed by atoms with Gasteiger partial charge in [0.05, 0.1) is 12.3 Å². The summed E-state index contributed by atoms with van der Waals surface area (Å²) in [4.78, 5) is 4.06. The van der Waals surface area contributed by atoms with Crippen molar-refractivity contribution in [2.45, 2.75) is 18.9 Å². The highest BCUT2D eigenvalue weighted by atomic mass is 79.9. The third-order valence-corrected chi connectivity index (χ3v) is 3.02. The molecule has 0 amide bonds. The van der Waals surface area contributed by atoms with E-state index < -0.39 is 0 Å². The first-order valence-electron chi connectivity index (χ1n) is 5.44. The van der Waals surface area contributed by atoms with Gasteiger partial charge in [-0.2, -0.15) is 0 Å². The molecule has 1 heterocycles. The Hall–Kier alpha value is -0.360. The standard InChI is InChI=1S/C11H17BrClN3O/c1-17-7-9(3-2-4-14)16-10-5-8(12)6-15-11(10)13/h5-6,9,16H,2-4,7,14H2,1H3. The van der Waals surface area contributed by atoms with E-state index in [-0.39, 0.29) is 6.04 Å². The van der Waals surface area contributed by atoms with Crippen molar-refractivity contribution in [3.8, 4) is 0 Å². The van der Waals surface area contributed by atoms with Gasteiger partial charge in [-0.1, -0.05) is 11.6 Å². The highest BCUT2D eigenvalue weighted by Crippen LogP contribution is 2.24. The molecule has 1 rings (SSSR count). The third kappa shape index (κ3) is 5.21. The molecule has 1 atom stereocenters. The molecule has 0 saturated heterocycles. The summed E-state index contributed by atoms with van der Waals surface area (Å²) in [5.41, 5.74) is 6.31. The lowest BCUT2D eigenvalue weighted by Gasteiger charge is -2.19. The number of halogens is 2. The van der Waals surface area contributed by atoms with E-state index in [0.29, 0.717) is 18.3 Å². The molecule has 0 aliphatic heterocycles. The van der Waals surface area contributed by atoms with Crippen LogP contribution in [0.15, 0.2) is 16.7 Å². The van der Waals surface area contributed by atoms with Crippen LogP contribution in [0, 0.1) is 0 Å². The number of hydrogen-bond donors (Lipinski definition) is 2. The zero-order valence-corrected chi connectivity index (χ0v) is 12.1. The third-order valence-electron chi connectivity index (χ3n) is 2.29. The Labute approximate surface area is 115 Å². The Morgan fingerprint density at radius 1 is 1.65 bits per heavy atom. The van der Waals surface area contributed by atoms with Gasteiger partial charge in [0, 0.05) is 23.8 Å². The van der Waals surface area contributed by atoms with Crippen molar-refractivity contribution in [2.75, 3.05) is 25.6 Å². The second-order valence-electron chi connectivity index (χ2n) is 3.72. The zero-order chi connectivity index (χ0) is 12.7. The number of nitrogens with one attached hydrogen (secondary N) is 1. The molecule has 0 aliphatic carbocycles. The first-order valence-corrected chi connectivity index (χ1v) is 6.61. The first kappa shape index (κ1) is 14.7. The van der Waals surface area contributed by atoms with Crippen LogP contribution in [0.25, 0.3) is 0 Å². The lowest BCUT2D eigenvalue weighted by atomic mass is 10.1. The van der Waals surface area contributed by atoms with Gasteiger partial charge >= 0.3 is 0 Å². The molecule has 0 spiro atoms. The molecule has 1 aromatic rings. The molecule has 0 fully saturated rings. The minimum absolute atomic E-state index is 0.192. The predicted molar refractivity (Wildman–Crippen MR) is 74.5 cm³/mol. The van der Waals surface area contributed by atoms with E-state index in [4.69, 9.17) is 22.1 Å². The van der Waals surface area contributed by atoms with E-state index in [0.717, 1.165) is 23.0 Å². The second kappa shape index (κ2) is 7.87. The molecule has 0 aliphatic rings. The summed E-state index contributed by atoms with van der Waals surface area (Å²) in [7, 11) is 1.68. The second-order valence-corrected chi connectivity index (χ2v) is 4.99. The number of ether oxygens (including phenoxy) is 1. The molecule has 0 bridgehead atoms. The monoisotopic (exact) mass is 321 g/mol. The molecule has 6 heteroatoms. The fourth-order valence-corrected chi connectivity index (χ4v) is 2.00. The van der Waals surface area contributed by atoms with Crippen molar-refractivity contribution < 1.29 is 4.74 Å². The Morgan fingerprint density at radius 2 is 2.41 bits per heavy atom. The van der Waals surface area contributed by atoms with Crippen LogP contribution in [-0.2, 0) is 4.74 Å². The number of anilines is 1. The van der Waals surface area contributed by atoms with E-state index in [1.165, 1.54) is 0 Å². The largest absolute Gasteiger partial charge is 0.383 e. The van der Waals surface area contributed by atoms with Crippen molar-refractivity contribution in [1.82, 2.24) is 4.98 Å². The molecular formula is C11H17BrClN3O. The van der Waals surface area contributed by atoms with Crippen molar-refractivity contribution in [1.29, 1.82) is 0 Å². The van der Waals surface area contributed by atoms with Gasteiger partial charge in [-0.05, 0) is 41.4 Å². The fourth-order valence-electron chi connectivity index (χ4n) is 1.51. The molecule has 4 nitrogen and oxygen atoms in total. The zero-order valence-electron chi connectivity index (χ0n) is 9.75. The van der Waals surface area contributed by atoms with Gasteiger partial charge in [-0.3, -0.25) is 0 Å². The van der Waals surface area contributed by atoms with E-state index in [1.54, 1.807) is 13.3 Å². The smallest absolute Gasteiger partial charge is 0.152 e. The lowest BCUT2D eigenvalue weighted by molar-refractivity contribution is 0.182. The Kier molecular flexibility index (Phi) is 6.80. The summed E-state index contributed by atoms with van der Waals surface area (Å²) in [6, 6.07) is 2.10. The van der Waals surface area contributed by atoms with E-state index in [1.807, 2.05) is 6.07 Å².